The Labute approximate surface area is 195 Å². The van der Waals surface area contributed by atoms with E-state index in [0.717, 1.165) is 37.6 Å². The first-order valence-electron chi connectivity index (χ1n) is 10.7. The molecule has 3 aromatic carbocycles. The van der Waals surface area contributed by atoms with Gasteiger partial charge in [0.05, 0.1) is 12.2 Å². The Hall–Kier alpha value is -4.33. The van der Waals surface area contributed by atoms with Gasteiger partial charge in [0.2, 0.25) is 5.69 Å². The zero-order valence-electron chi connectivity index (χ0n) is 19.0. The average molecular weight is 458 g/mol. The predicted molar refractivity (Wildman–Crippen MR) is 128 cm³/mol. The van der Waals surface area contributed by atoms with Gasteiger partial charge in [0.1, 0.15) is 5.82 Å². The number of nitrogens with zero attached hydrogens (tertiary/aromatic N) is 3. The molecule has 4 aromatic rings. The van der Waals surface area contributed by atoms with Crippen molar-refractivity contribution in [2.45, 2.75) is 27.3 Å². The van der Waals surface area contributed by atoms with Crippen molar-refractivity contribution in [3.63, 3.8) is 0 Å². The average Bonchev–Trinajstić information content (AvgIpc) is 2.76. The van der Waals surface area contributed by atoms with Crippen LogP contribution in [0.15, 0.2) is 76.3 Å². The lowest BCUT2D eigenvalue weighted by Crippen LogP contribution is -2.45. The minimum atomic E-state index is -0.841. The molecule has 0 spiro atoms. The van der Waals surface area contributed by atoms with Crippen LogP contribution in [-0.4, -0.2) is 20.3 Å². The molecule has 1 N–H and O–H groups in total. The Morgan fingerprint density at radius 2 is 1.62 bits per heavy atom. The monoisotopic (exact) mass is 458 g/mol. The smallest absolute Gasteiger partial charge is 0.320 e. The molecule has 0 fully saturated rings. The first kappa shape index (κ1) is 22.8. The Morgan fingerprint density at radius 3 is 2.29 bits per heavy atom. The number of aryl methyl sites for hydroxylation is 3. The maximum atomic E-state index is 13.6. The molecular weight excluding hydrogens is 435 g/mol. The second-order valence-electron chi connectivity index (χ2n) is 8.23. The van der Waals surface area contributed by atoms with Gasteiger partial charge in [0, 0.05) is 5.69 Å². The third kappa shape index (κ3) is 4.85. The van der Waals surface area contributed by atoms with Gasteiger partial charge in [-0.3, -0.25) is 14.2 Å². The van der Waals surface area contributed by atoms with Gasteiger partial charge >= 0.3 is 5.69 Å². The highest BCUT2D eigenvalue weighted by Crippen LogP contribution is 2.13. The summed E-state index contributed by atoms with van der Waals surface area (Å²) in [4.78, 5) is 39.6. The number of carbonyl (C=O) groups is 1. The van der Waals surface area contributed by atoms with Gasteiger partial charge in [-0.25, -0.2) is 9.18 Å². The van der Waals surface area contributed by atoms with Crippen LogP contribution in [0.1, 0.15) is 32.7 Å². The molecule has 1 heterocycles. The van der Waals surface area contributed by atoms with Crippen LogP contribution in [0.25, 0.3) is 5.69 Å². The lowest BCUT2D eigenvalue weighted by molar-refractivity contribution is 0.101. The first-order valence-corrected chi connectivity index (χ1v) is 10.7. The minimum absolute atomic E-state index is 0.0348. The molecule has 7 nitrogen and oxygen atoms in total. The molecule has 0 aliphatic rings. The van der Waals surface area contributed by atoms with E-state index >= 15 is 0 Å². The van der Waals surface area contributed by atoms with Crippen molar-refractivity contribution in [2.24, 2.45) is 0 Å². The molecule has 34 heavy (non-hydrogen) atoms. The molecular formula is C26H23FN4O3. The van der Waals surface area contributed by atoms with Gasteiger partial charge in [0.25, 0.3) is 11.5 Å². The molecule has 0 atom stereocenters. The number of aromatic nitrogens is 3. The van der Waals surface area contributed by atoms with Gasteiger partial charge in [-0.2, -0.15) is 9.78 Å². The molecule has 0 saturated carbocycles. The van der Waals surface area contributed by atoms with Crippen LogP contribution in [0.5, 0.6) is 0 Å². The summed E-state index contributed by atoms with van der Waals surface area (Å²) in [6.45, 7) is 5.63. The molecule has 0 radical (unpaired) electrons. The molecule has 0 aliphatic heterocycles. The summed E-state index contributed by atoms with van der Waals surface area (Å²) in [5.41, 5.74) is 2.11. The van der Waals surface area contributed by atoms with Gasteiger partial charge in [-0.15, -0.1) is 0 Å². The van der Waals surface area contributed by atoms with E-state index in [1.807, 2.05) is 45.0 Å². The summed E-state index contributed by atoms with van der Waals surface area (Å²) in [5, 5.41) is 6.62. The number of rotatable bonds is 5. The third-order valence-electron chi connectivity index (χ3n) is 5.23. The van der Waals surface area contributed by atoms with Crippen LogP contribution in [0, 0.1) is 26.6 Å². The van der Waals surface area contributed by atoms with Crippen LogP contribution in [0.2, 0.25) is 0 Å². The molecule has 4 rings (SSSR count). The summed E-state index contributed by atoms with van der Waals surface area (Å²) in [5.74, 6) is -1.38. The lowest BCUT2D eigenvalue weighted by Gasteiger charge is -2.13. The van der Waals surface area contributed by atoms with Crippen LogP contribution < -0.4 is 16.6 Å². The van der Waals surface area contributed by atoms with E-state index in [0.29, 0.717) is 5.69 Å². The Bertz CT molecular complexity index is 1500. The molecule has 172 valence electrons. The topological polar surface area (TPSA) is 86.0 Å². The number of carbonyl (C=O) groups excluding carboxylic acids is 1. The van der Waals surface area contributed by atoms with E-state index in [1.54, 1.807) is 18.2 Å². The Balaban J connectivity index is 1.88. The third-order valence-corrected chi connectivity index (χ3v) is 5.23. The van der Waals surface area contributed by atoms with E-state index in [1.165, 1.54) is 18.2 Å². The summed E-state index contributed by atoms with van der Waals surface area (Å²) in [7, 11) is 0. The first-order chi connectivity index (χ1) is 16.2. The van der Waals surface area contributed by atoms with Crippen molar-refractivity contribution in [3.05, 3.63) is 121 Å². The highest BCUT2D eigenvalue weighted by Gasteiger charge is 2.21. The van der Waals surface area contributed by atoms with Crippen molar-refractivity contribution in [1.82, 2.24) is 14.3 Å². The highest BCUT2D eigenvalue weighted by atomic mass is 19.1. The predicted octanol–water partition coefficient (Wildman–Crippen LogP) is 3.76. The van der Waals surface area contributed by atoms with Crippen LogP contribution >= 0.6 is 0 Å². The fourth-order valence-electron chi connectivity index (χ4n) is 3.79. The summed E-state index contributed by atoms with van der Waals surface area (Å²) in [6.07, 6.45) is 0. The largest absolute Gasteiger partial charge is 0.352 e. The SMILES string of the molecule is Cc1cccc(Cn2c(=O)c(C(=O)Nc3cccc(F)c3)nn(-c3cc(C)cc(C)c3)c2=O)c1. The van der Waals surface area contributed by atoms with E-state index in [4.69, 9.17) is 0 Å². The van der Waals surface area contributed by atoms with Gasteiger partial charge in [-0.05, 0) is 67.8 Å². The number of benzene rings is 3. The molecule has 8 heteroatoms. The van der Waals surface area contributed by atoms with Crippen LogP contribution in [0.4, 0.5) is 10.1 Å². The fourth-order valence-corrected chi connectivity index (χ4v) is 3.79. The second kappa shape index (κ2) is 9.27. The zero-order valence-corrected chi connectivity index (χ0v) is 19.0. The zero-order chi connectivity index (χ0) is 24.4. The number of hydrogen-bond acceptors (Lipinski definition) is 4. The van der Waals surface area contributed by atoms with E-state index in [-0.39, 0.29) is 12.2 Å². The number of amides is 1. The number of halogens is 1. The number of hydrogen-bond donors (Lipinski definition) is 1. The maximum Gasteiger partial charge on any atom is 0.352 e. The number of anilines is 1. The molecule has 1 amide bonds. The maximum absolute atomic E-state index is 13.6. The second-order valence-corrected chi connectivity index (χ2v) is 8.23. The normalized spacial score (nSPS) is 10.8. The molecule has 0 unspecified atom stereocenters. The van der Waals surface area contributed by atoms with Gasteiger partial charge in [-0.1, -0.05) is 42.0 Å². The van der Waals surface area contributed by atoms with E-state index < -0.39 is 28.7 Å². The molecule has 0 saturated heterocycles. The summed E-state index contributed by atoms with van der Waals surface area (Å²) in [6, 6.07) is 18.1. The lowest BCUT2D eigenvalue weighted by atomic mass is 10.1. The molecule has 1 aromatic heterocycles. The quantitative estimate of drug-likeness (QED) is 0.494. The van der Waals surface area contributed by atoms with Crippen molar-refractivity contribution in [3.8, 4) is 5.69 Å². The Morgan fingerprint density at radius 1 is 0.912 bits per heavy atom. The Kier molecular flexibility index (Phi) is 6.23. The van der Waals surface area contributed by atoms with Crippen molar-refractivity contribution >= 4 is 11.6 Å². The van der Waals surface area contributed by atoms with Crippen molar-refractivity contribution < 1.29 is 9.18 Å². The number of nitrogens with one attached hydrogen (secondary N) is 1. The fraction of sp³-hybridized carbons (Fsp3) is 0.154. The van der Waals surface area contributed by atoms with E-state index in [2.05, 4.69) is 10.4 Å². The van der Waals surface area contributed by atoms with Gasteiger partial charge < -0.3 is 5.32 Å². The van der Waals surface area contributed by atoms with E-state index in [9.17, 15) is 18.8 Å². The molecule has 0 bridgehead atoms. The van der Waals surface area contributed by atoms with Crippen LogP contribution in [0.3, 0.4) is 0 Å². The summed E-state index contributed by atoms with van der Waals surface area (Å²) < 4.78 is 15.6. The van der Waals surface area contributed by atoms with Crippen molar-refractivity contribution in [1.29, 1.82) is 0 Å². The highest BCUT2D eigenvalue weighted by molar-refractivity contribution is 6.02. The van der Waals surface area contributed by atoms with Gasteiger partial charge in [0.15, 0.2) is 0 Å². The van der Waals surface area contributed by atoms with Crippen molar-refractivity contribution in [2.75, 3.05) is 5.32 Å². The van der Waals surface area contributed by atoms with Crippen LogP contribution in [-0.2, 0) is 6.54 Å². The standard InChI is InChI=1S/C26H23FN4O3/c1-16-6-4-7-19(11-16)15-30-25(33)23(24(32)28-21-9-5-8-20(27)14-21)29-31(26(30)34)22-12-17(2)10-18(3)13-22/h4-14H,15H2,1-3H3,(H,28,32). The molecule has 0 aliphatic carbocycles. The summed E-state index contributed by atoms with van der Waals surface area (Å²) >= 11 is 0. The minimum Gasteiger partial charge on any atom is -0.320 e.